The van der Waals surface area contributed by atoms with E-state index in [9.17, 15) is 14.0 Å². The molecule has 0 heterocycles. The van der Waals surface area contributed by atoms with Crippen molar-refractivity contribution >= 4 is 12.0 Å². The molecule has 0 aromatic heterocycles. The average Bonchev–Trinajstić information content (AvgIpc) is 2.66. The lowest BCUT2D eigenvalue weighted by atomic mass is 9.98. The van der Waals surface area contributed by atoms with Crippen molar-refractivity contribution in [1.29, 1.82) is 0 Å². The van der Waals surface area contributed by atoms with Crippen LogP contribution in [0.15, 0.2) is 42.5 Å². The molecule has 1 atom stereocenters. The zero-order valence-corrected chi connectivity index (χ0v) is 17.7. The maximum atomic E-state index is 15.2. The summed E-state index contributed by atoms with van der Waals surface area (Å²) in [5.74, 6) is -1.68. The predicted octanol–water partition coefficient (Wildman–Crippen LogP) is 4.09. The Morgan fingerprint density at radius 1 is 1.13 bits per heavy atom. The van der Waals surface area contributed by atoms with Crippen molar-refractivity contribution in [3.8, 4) is 11.1 Å². The number of ether oxygens (including phenoxy) is 1. The first-order valence-electron chi connectivity index (χ1n) is 9.36. The van der Waals surface area contributed by atoms with Gasteiger partial charge in [0.2, 0.25) is 0 Å². The minimum absolute atomic E-state index is 0.152. The van der Waals surface area contributed by atoms with Crippen LogP contribution in [-0.2, 0) is 20.8 Å². The van der Waals surface area contributed by atoms with Crippen LogP contribution in [0.3, 0.4) is 0 Å². The monoisotopic (exact) mass is 420 g/mol. The Labute approximate surface area is 174 Å². The highest BCUT2D eigenvalue weighted by Crippen LogP contribution is 2.26. The molecule has 2 aromatic rings. The number of alkyl carbamates (subject to hydrolysis) is 1. The van der Waals surface area contributed by atoms with Crippen molar-refractivity contribution in [1.82, 2.24) is 10.4 Å². The van der Waals surface area contributed by atoms with Gasteiger partial charge in [0.25, 0.3) is 5.91 Å². The summed E-state index contributed by atoms with van der Waals surface area (Å²) in [5, 5.41) is 3.41. The number of rotatable bonds is 6. The fourth-order valence-corrected chi connectivity index (χ4v) is 2.80. The molecule has 0 saturated heterocycles. The molecular weight excluding hydrogens is 394 g/mol. The summed E-state index contributed by atoms with van der Waals surface area (Å²) >= 11 is 0. The Morgan fingerprint density at radius 3 is 2.40 bits per heavy atom. The summed E-state index contributed by atoms with van der Waals surface area (Å²) in [7, 11) is 2.68. The SMILES string of the molecule is CON(C)C(=O)C(Cc1cccc(-c2cccc(F)c2)c1F)NC(=O)OC(C)(C)C. The van der Waals surface area contributed by atoms with Crippen LogP contribution in [-0.4, -0.2) is 42.9 Å². The minimum Gasteiger partial charge on any atom is -0.444 e. The number of carbonyl (C=O) groups excluding carboxylic acids is 2. The summed E-state index contributed by atoms with van der Waals surface area (Å²) < 4.78 is 34.0. The van der Waals surface area contributed by atoms with E-state index in [1.807, 2.05) is 0 Å². The fourth-order valence-electron chi connectivity index (χ4n) is 2.80. The third-order valence-electron chi connectivity index (χ3n) is 4.21. The van der Waals surface area contributed by atoms with Gasteiger partial charge in [0.1, 0.15) is 23.3 Å². The predicted molar refractivity (Wildman–Crippen MR) is 108 cm³/mol. The second-order valence-electron chi connectivity index (χ2n) is 7.71. The molecule has 2 rings (SSSR count). The molecule has 1 N–H and O–H groups in total. The average molecular weight is 420 g/mol. The van der Waals surface area contributed by atoms with Crippen LogP contribution in [0.4, 0.5) is 13.6 Å². The first-order chi connectivity index (χ1) is 14.0. The highest BCUT2D eigenvalue weighted by Gasteiger charge is 2.28. The van der Waals surface area contributed by atoms with Gasteiger partial charge in [-0.25, -0.2) is 18.6 Å². The fraction of sp³-hybridized carbons (Fsp3) is 0.364. The lowest BCUT2D eigenvalue weighted by Crippen LogP contribution is -2.49. The minimum atomic E-state index is -1.14. The zero-order valence-electron chi connectivity index (χ0n) is 17.7. The normalized spacial score (nSPS) is 12.2. The molecule has 30 heavy (non-hydrogen) atoms. The smallest absolute Gasteiger partial charge is 0.408 e. The quantitative estimate of drug-likeness (QED) is 0.715. The summed E-state index contributed by atoms with van der Waals surface area (Å²) in [6.45, 7) is 5.06. The maximum absolute atomic E-state index is 15.2. The van der Waals surface area contributed by atoms with E-state index in [1.54, 1.807) is 32.9 Å². The van der Waals surface area contributed by atoms with Crippen molar-refractivity contribution in [3.05, 3.63) is 59.7 Å². The number of benzene rings is 2. The van der Waals surface area contributed by atoms with Crippen molar-refractivity contribution < 1.29 is 27.9 Å². The van der Waals surface area contributed by atoms with Crippen LogP contribution in [0, 0.1) is 11.6 Å². The highest BCUT2D eigenvalue weighted by molar-refractivity contribution is 5.85. The second-order valence-corrected chi connectivity index (χ2v) is 7.71. The largest absolute Gasteiger partial charge is 0.444 e. The molecule has 8 heteroatoms. The first-order valence-corrected chi connectivity index (χ1v) is 9.36. The molecule has 2 amide bonds. The van der Waals surface area contributed by atoms with Crippen molar-refractivity contribution in [2.75, 3.05) is 14.2 Å². The lowest BCUT2D eigenvalue weighted by molar-refractivity contribution is -0.171. The van der Waals surface area contributed by atoms with Gasteiger partial charge in [0.15, 0.2) is 0 Å². The van der Waals surface area contributed by atoms with Gasteiger partial charge in [0.05, 0.1) is 7.11 Å². The molecule has 0 saturated carbocycles. The molecule has 0 aliphatic heterocycles. The molecule has 0 spiro atoms. The highest BCUT2D eigenvalue weighted by atomic mass is 19.1. The molecule has 0 aliphatic rings. The summed E-state index contributed by atoms with van der Waals surface area (Å²) in [6, 6.07) is 9.06. The van der Waals surface area contributed by atoms with E-state index in [0.717, 1.165) is 5.06 Å². The van der Waals surface area contributed by atoms with E-state index in [2.05, 4.69) is 5.32 Å². The Hall–Kier alpha value is -3.00. The first kappa shape index (κ1) is 23.3. The Bertz CT molecular complexity index is 912. The van der Waals surface area contributed by atoms with E-state index in [4.69, 9.17) is 9.57 Å². The molecule has 6 nitrogen and oxygen atoms in total. The topological polar surface area (TPSA) is 67.9 Å². The molecule has 0 aliphatic carbocycles. The summed E-state index contributed by atoms with van der Waals surface area (Å²) in [5.41, 5.74) is -0.0366. The van der Waals surface area contributed by atoms with Crippen molar-refractivity contribution in [2.24, 2.45) is 0 Å². The number of nitrogens with zero attached hydrogens (tertiary/aromatic N) is 1. The van der Waals surface area contributed by atoms with Crippen molar-refractivity contribution in [2.45, 2.75) is 38.8 Å². The molecule has 0 bridgehead atoms. The number of likely N-dealkylation sites (N-methyl/N-ethyl adjacent to an activating group) is 1. The van der Waals surface area contributed by atoms with Gasteiger partial charge in [-0.3, -0.25) is 9.63 Å². The van der Waals surface area contributed by atoms with Gasteiger partial charge < -0.3 is 10.1 Å². The van der Waals surface area contributed by atoms with Gasteiger partial charge in [-0.2, -0.15) is 0 Å². The molecule has 162 valence electrons. The number of halogens is 2. The van der Waals surface area contributed by atoms with Gasteiger partial charge in [0, 0.05) is 19.0 Å². The van der Waals surface area contributed by atoms with Crippen LogP contribution in [0.1, 0.15) is 26.3 Å². The Balaban J connectivity index is 2.34. The van der Waals surface area contributed by atoms with E-state index >= 15 is 4.39 Å². The Kier molecular flexibility index (Phi) is 7.50. The van der Waals surface area contributed by atoms with E-state index in [-0.39, 0.29) is 17.5 Å². The van der Waals surface area contributed by atoms with E-state index < -0.39 is 35.3 Å². The van der Waals surface area contributed by atoms with Crippen LogP contribution in [0.5, 0.6) is 0 Å². The molecule has 2 aromatic carbocycles. The third kappa shape index (κ3) is 6.25. The number of hydrogen-bond acceptors (Lipinski definition) is 4. The molecule has 0 radical (unpaired) electrons. The number of hydrogen-bond donors (Lipinski definition) is 1. The zero-order chi connectivity index (χ0) is 22.5. The third-order valence-corrected chi connectivity index (χ3v) is 4.21. The van der Waals surface area contributed by atoms with Gasteiger partial charge >= 0.3 is 6.09 Å². The molecule has 0 fully saturated rings. The van der Waals surface area contributed by atoms with Crippen LogP contribution >= 0.6 is 0 Å². The summed E-state index contributed by atoms with van der Waals surface area (Å²) in [6.07, 6.45) is -0.965. The number of nitrogens with one attached hydrogen (secondary N) is 1. The van der Waals surface area contributed by atoms with Crippen molar-refractivity contribution in [3.63, 3.8) is 0 Å². The number of amides is 2. The van der Waals surface area contributed by atoms with E-state index in [0.29, 0.717) is 5.56 Å². The maximum Gasteiger partial charge on any atom is 0.408 e. The van der Waals surface area contributed by atoms with Gasteiger partial charge in [-0.15, -0.1) is 0 Å². The number of carbonyl (C=O) groups is 2. The van der Waals surface area contributed by atoms with Crippen LogP contribution in [0.2, 0.25) is 0 Å². The summed E-state index contributed by atoms with van der Waals surface area (Å²) in [4.78, 5) is 29.8. The van der Waals surface area contributed by atoms with E-state index in [1.165, 1.54) is 44.5 Å². The molecular formula is C22H26F2N2O4. The van der Waals surface area contributed by atoms with Crippen LogP contribution in [0.25, 0.3) is 11.1 Å². The lowest BCUT2D eigenvalue weighted by Gasteiger charge is -2.25. The number of hydroxylamine groups is 2. The standard InChI is InChI=1S/C22H26F2N2O4/c1-22(2,3)30-21(28)25-18(20(27)26(4)29-5)13-15-9-7-11-17(19(15)24)14-8-6-10-16(23)12-14/h6-12,18H,13H2,1-5H3,(H,25,28). The second kappa shape index (κ2) is 9.67. The molecule has 1 unspecified atom stereocenters. The Morgan fingerprint density at radius 2 is 1.80 bits per heavy atom. The van der Waals surface area contributed by atoms with Crippen LogP contribution < -0.4 is 5.32 Å². The van der Waals surface area contributed by atoms with Gasteiger partial charge in [-0.1, -0.05) is 30.3 Å². The van der Waals surface area contributed by atoms with Gasteiger partial charge in [-0.05, 0) is 44.0 Å².